The van der Waals surface area contributed by atoms with Gasteiger partial charge in [-0.3, -0.25) is 4.79 Å². The largest absolute Gasteiger partial charge is 0.354 e. The van der Waals surface area contributed by atoms with Gasteiger partial charge in [-0.05, 0) is 6.07 Å². The zero-order chi connectivity index (χ0) is 9.14. The van der Waals surface area contributed by atoms with Gasteiger partial charge in [-0.25, -0.2) is 4.98 Å². The van der Waals surface area contributed by atoms with Gasteiger partial charge in [-0.1, -0.05) is 23.2 Å². The van der Waals surface area contributed by atoms with Crippen LogP contribution in [0, 0.1) is 0 Å². The molecule has 1 amide bonds. The van der Waals surface area contributed by atoms with Gasteiger partial charge in [0.05, 0.1) is 10.0 Å². The lowest BCUT2D eigenvalue weighted by molar-refractivity contribution is 0.0958. The van der Waals surface area contributed by atoms with Crippen molar-refractivity contribution in [2.75, 3.05) is 7.05 Å². The van der Waals surface area contributed by atoms with Crippen LogP contribution in [0.1, 0.15) is 10.5 Å². The van der Waals surface area contributed by atoms with E-state index in [0.29, 0.717) is 5.02 Å². The number of pyridine rings is 1. The molecule has 1 N–H and O–H groups in total. The maximum absolute atomic E-state index is 11.0. The van der Waals surface area contributed by atoms with Gasteiger partial charge in [0.25, 0.3) is 5.91 Å². The molecule has 0 atom stereocenters. The molecule has 1 aromatic heterocycles. The van der Waals surface area contributed by atoms with Gasteiger partial charge in [0, 0.05) is 13.2 Å². The molecule has 0 spiro atoms. The summed E-state index contributed by atoms with van der Waals surface area (Å²) in [6.07, 6.45) is 1.37. The van der Waals surface area contributed by atoms with E-state index in [1.54, 1.807) is 0 Å². The highest BCUT2D eigenvalue weighted by molar-refractivity contribution is 6.36. The minimum absolute atomic E-state index is 0.184. The van der Waals surface area contributed by atoms with Crippen LogP contribution in [0.15, 0.2) is 12.3 Å². The van der Waals surface area contributed by atoms with E-state index in [2.05, 4.69) is 10.3 Å². The fourth-order valence-corrected chi connectivity index (χ4v) is 1.17. The normalized spacial score (nSPS) is 9.58. The van der Waals surface area contributed by atoms with Gasteiger partial charge in [0.1, 0.15) is 5.69 Å². The van der Waals surface area contributed by atoms with E-state index >= 15 is 0 Å². The van der Waals surface area contributed by atoms with Gasteiger partial charge >= 0.3 is 0 Å². The monoisotopic (exact) mass is 204 g/mol. The molecule has 0 aliphatic heterocycles. The highest BCUT2D eigenvalue weighted by Crippen LogP contribution is 2.17. The summed E-state index contributed by atoms with van der Waals surface area (Å²) in [4.78, 5) is 14.8. The molecular formula is C7H6Cl2N2O. The van der Waals surface area contributed by atoms with E-state index in [-0.39, 0.29) is 16.6 Å². The van der Waals surface area contributed by atoms with Crippen molar-refractivity contribution in [3.63, 3.8) is 0 Å². The predicted octanol–water partition coefficient (Wildman–Crippen LogP) is 1.75. The van der Waals surface area contributed by atoms with Crippen molar-refractivity contribution in [3.8, 4) is 0 Å². The van der Waals surface area contributed by atoms with E-state index in [0.717, 1.165) is 0 Å². The standard InChI is InChI=1S/C7H6Cl2N2O/c1-10-7(12)6-5(9)2-4(8)3-11-6/h2-3H,1H3,(H,10,12). The molecule has 0 saturated carbocycles. The second-order valence-corrected chi connectivity index (χ2v) is 2.91. The summed E-state index contributed by atoms with van der Waals surface area (Å²) < 4.78 is 0. The lowest BCUT2D eigenvalue weighted by Gasteiger charge is -2.00. The van der Waals surface area contributed by atoms with Crippen molar-refractivity contribution in [1.82, 2.24) is 10.3 Å². The molecule has 0 aromatic carbocycles. The highest BCUT2D eigenvalue weighted by atomic mass is 35.5. The first-order chi connectivity index (χ1) is 5.65. The van der Waals surface area contributed by atoms with Crippen molar-refractivity contribution in [1.29, 1.82) is 0 Å². The van der Waals surface area contributed by atoms with E-state index in [4.69, 9.17) is 23.2 Å². The molecule has 1 rings (SSSR count). The Morgan fingerprint density at radius 2 is 2.25 bits per heavy atom. The molecule has 0 fully saturated rings. The Hall–Kier alpha value is -0.800. The van der Waals surface area contributed by atoms with Crippen molar-refractivity contribution < 1.29 is 4.79 Å². The van der Waals surface area contributed by atoms with Crippen LogP contribution in [-0.2, 0) is 0 Å². The smallest absolute Gasteiger partial charge is 0.271 e. The first kappa shape index (κ1) is 9.29. The first-order valence-electron chi connectivity index (χ1n) is 3.18. The van der Waals surface area contributed by atoms with Crippen molar-refractivity contribution in [2.45, 2.75) is 0 Å². The Morgan fingerprint density at radius 1 is 1.58 bits per heavy atom. The summed E-state index contributed by atoms with van der Waals surface area (Å²) in [6, 6.07) is 1.47. The Morgan fingerprint density at radius 3 is 2.75 bits per heavy atom. The number of nitrogens with zero attached hydrogens (tertiary/aromatic N) is 1. The van der Waals surface area contributed by atoms with Crippen LogP contribution in [0.2, 0.25) is 10.0 Å². The van der Waals surface area contributed by atoms with Gasteiger partial charge in [0.2, 0.25) is 0 Å². The third-order valence-corrected chi connectivity index (χ3v) is 1.74. The summed E-state index contributed by atoms with van der Waals surface area (Å²) in [5.74, 6) is -0.323. The van der Waals surface area contributed by atoms with Gasteiger partial charge in [-0.15, -0.1) is 0 Å². The molecule has 3 nitrogen and oxygen atoms in total. The van der Waals surface area contributed by atoms with Gasteiger partial charge < -0.3 is 5.32 Å². The summed E-state index contributed by atoms with van der Waals surface area (Å²) in [6.45, 7) is 0. The first-order valence-corrected chi connectivity index (χ1v) is 3.94. The Bertz CT molecular complexity index is 314. The SMILES string of the molecule is CNC(=O)c1ncc(Cl)cc1Cl. The van der Waals surface area contributed by atoms with Crippen LogP contribution in [-0.4, -0.2) is 17.9 Å². The van der Waals surface area contributed by atoms with Crippen LogP contribution in [0.4, 0.5) is 0 Å². The Kier molecular flexibility index (Phi) is 2.89. The molecule has 0 aliphatic carbocycles. The average Bonchev–Trinajstić information content (AvgIpc) is 2.03. The van der Waals surface area contributed by atoms with E-state index in [1.807, 2.05) is 0 Å². The number of aromatic nitrogens is 1. The zero-order valence-corrected chi connectivity index (χ0v) is 7.78. The summed E-state index contributed by atoms with van der Waals surface area (Å²) >= 11 is 11.3. The Labute approximate surface area is 79.7 Å². The second kappa shape index (κ2) is 3.74. The molecule has 5 heteroatoms. The molecule has 0 radical (unpaired) electrons. The lowest BCUT2D eigenvalue weighted by atomic mass is 10.3. The molecule has 0 saturated heterocycles. The molecular weight excluding hydrogens is 199 g/mol. The van der Waals surface area contributed by atoms with Crippen LogP contribution >= 0.6 is 23.2 Å². The minimum atomic E-state index is -0.323. The molecule has 64 valence electrons. The number of rotatable bonds is 1. The predicted molar refractivity (Wildman–Crippen MR) is 47.6 cm³/mol. The van der Waals surface area contributed by atoms with Gasteiger partial charge in [0.15, 0.2) is 0 Å². The molecule has 0 aliphatic rings. The number of carbonyl (C=O) groups is 1. The zero-order valence-electron chi connectivity index (χ0n) is 6.27. The number of nitrogens with one attached hydrogen (secondary N) is 1. The molecule has 1 heterocycles. The fraction of sp³-hybridized carbons (Fsp3) is 0.143. The van der Waals surface area contributed by atoms with Crippen LogP contribution < -0.4 is 5.32 Å². The van der Waals surface area contributed by atoms with Crippen molar-refractivity contribution in [2.24, 2.45) is 0 Å². The van der Waals surface area contributed by atoms with E-state index in [1.165, 1.54) is 19.3 Å². The van der Waals surface area contributed by atoms with Gasteiger partial charge in [-0.2, -0.15) is 0 Å². The summed E-state index contributed by atoms with van der Waals surface area (Å²) in [7, 11) is 1.51. The maximum Gasteiger partial charge on any atom is 0.271 e. The molecule has 12 heavy (non-hydrogen) atoms. The van der Waals surface area contributed by atoms with Crippen molar-refractivity contribution >= 4 is 29.1 Å². The van der Waals surface area contributed by atoms with Crippen LogP contribution in [0.3, 0.4) is 0 Å². The van der Waals surface area contributed by atoms with Crippen LogP contribution in [0.5, 0.6) is 0 Å². The van der Waals surface area contributed by atoms with E-state index in [9.17, 15) is 4.79 Å². The molecule has 1 aromatic rings. The lowest BCUT2D eigenvalue weighted by Crippen LogP contribution is -2.19. The molecule has 0 unspecified atom stereocenters. The Balaban J connectivity index is 3.09. The number of carbonyl (C=O) groups excluding carboxylic acids is 1. The quantitative estimate of drug-likeness (QED) is 0.758. The van der Waals surface area contributed by atoms with E-state index < -0.39 is 0 Å². The number of hydrogen-bond donors (Lipinski definition) is 1. The third kappa shape index (κ3) is 1.87. The number of hydrogen-bond acceptors (Lipinski definition) is 2. The van der Waals surface area contributed by atoms with Crippen LogP contribution in [0.25, 0.3) is 0 Å². The second-order valence-electron chi connectivity index (χ2n) is 2.06. The maximum atomic E-state index is 11.0. The number of halogens is 2. The minimum Gasteiger partial charge on any atom is -0.354 e. The van der Waals surface area contributed by atoms with Crippen molar-refractivity contribution in [3.05, 3.63) is 28.0 Å². The molecule has 0 bridgehead atoms. The summed E-state index contributed by atoms with van der Waals surface area (Å²) in [5.41, 5.74) is 0.184. The topological polar surface area (TPSA) is 42.0 Å². The number of amides is 1. The average molecular weight is 205 g/mol. The fourth-order valence-electron chi connectivity index (χ4n) is 0.700. The third-order valence-electron chi connectivity index (χ3n) is 1.25. The highest BCUT2D eigenvalue weighted by Gasteiger charge is 2.09. The summed E-state index contributed by atoms with van der Waals surface area (Å²) in [5, 5.41) is 3.07.